The number of nitrogens with zero attached hydrogens (tertiary/aromatic N) is 3. The van der Waals surface area contributed by atoms with Crippen LogP contribution in [0.1, 0.15) is 4.88 Å². The van der Waals surface area contributed by atoms with E-state index in [1.54, 1.807) is 36.4 Å². The van der Waals surface area contributed by atoms with Crippen molar-refractivity contribution in [2.75, 3.05) is 5.32 Å². The normalized spacial score (nSPS) is 11.1. The number of hydrogen-bond donors (Lipinski definition) is 1. The number of aromatic nitrogens is 3. The second-order valence-electron chi connectivity index (χ2n) is 6.56. The van der Waals surface area contributed by atoms with Gasteiger partial charge in [-0.15, -0.1) is 11.3 Å². The molecule has 0 spiro atoms. The van der Waals surface area contributed by atoms with Crippen molar-refractivity contribution in [3.05, 3.63) is 69.8 Å². The van der Waals surface area contributed by atoms with Gasteiger partial charge in [-0.2, -0.15) is 13.9 Å². The maximum Gasteiger partial charge on any atom is 0.387 e. The summed E-state index contributed by atoms with van der Waals surface area (Å²) >= 11 is 1.30. The zero-order valence-corrected chi connectivity index (χ0v) is 17.0. The van der Waals surface area contributed by atoms with Crippen molar-refractivity contribution in [1.82, 2.24) is 14.8 Å². The van der Waals surface area contributed by atoms with E-state index in [9.17, 15) is 18.4 Å². The predicted molar refractivity (Wildman–Crippen MR) is 114 cm³/mol. The van der Waals surface area contributed by atoms with E-state index in [0.29, 0.717) is 27.3 Å². The van der Waals surface area contributed by atoms with Crippen molar-refractivity contribution in [2.24, 2.45) is 0 Å². The first-order valence-electron chi connectivity index (χ1n) is 9.18. The van der Waals surface area contributed by atoms with Crippen molar-refractivity contribution in [1.29, 1.82) is 0 Å². The summed E-state index contributed by atoms with van der Waals surface area (Å²) in [6, 6.07) is 13.1. The number of carbonyl (C=O) groups is 1. The highest BCUT2D eigenvalue weighted by Gasteiger charge is 2.14. The Labute approximate surface area is 178 Å². The molecule has 7 nitrogen and oxygen atoms in total. The average Bonchev–Trinajstić information content (AvgIpc) is 3.10. The van der Waals surface area contributed by atoms with Gasteiger partial charge in [0, 0.05) is 15.8 Å². The Morgan fingerprint density at radius 1 is 1.19 bits per heavy atom. The molecule has 0 aliphatic heterocycles. The summed E-state index contributed by atoms with van der Waals surface area (Å²) in [5.41, 5.74) is 1.70. The zero-order chi connectivity index (χ0) is 22.0. The van der Waals surface area contributed by atoms with E-state index in [1.165, 1.54) is 34.3 Å². The third kappa shape index (κ3) is 4.58. The second kappa shape index (κ2) is 8.60. The van der Waals surface area contributed by atoms with Crippen molar-refractivity contribution < 1.29 is 18.3 Å². The van der Waals surface area contributed by atoms with Gasteiger partial charge in [0.05, 0.1) is 17.4 Å². The molecule has 1 amide bonds. The van der Waals surface area contributed by atoms with Gasteiger partial charge in [-0.3, -0.25) is 14.3 Å². The molecule has 2 aromatic heterocycles. The molecule has 2 heterocycles. The van der Waals surface area contributed by atoms with Crippen molar-refractivity contribution in [3.63, 3.8) is 0 Å². The predicted octanol–water partition coefficient (Wildman–Crippen LogP) is 4.07. The monoisotopic (exact) mass is 442 g/mol. The number of anilines is 1. The first kappa shape index (κ1) is 20.6. The van der Waals surface area contributed by atoms with E-state index in [-0.39, 0.29) is 23.6 Å². The summed E-state index contributed by atoms with van der Waals surface area (Å²) in [6.07, 6.45) is 1.18. The SMILES string of the molecule is Cc1sc(NC(=O)Cn2ncc(=O)c3ccccc32)nc1-c1ccc(OC(F)F)cc1. The third-order valence-electron chi connectivity index (χ3n) is 4.45. The smallest absolute Gasteiger partial charge is 0.387 e. The quantitative estimate of drug-likeness (QED) is 0.487. The summed E-state index contributed by atoms with van der Waals surface area (Å²) in [5.74, 6) is -0.289. The van der Waals surface area contributed by atoms with Gasteiger partial charge in [-0.05, 0) is 43.3 Å². The maximum atomic E-state index is 12.5. The molecule has 31 heavy (non-hydrogen) atoms. The first-order valence-corrected chi connectivity index (χ1v) is 10.00. The molecule has 0 unspecified atom stereocenters. The van der Waals surface area contributed by atoms with Crippen molar-refractivity contribution in [3.8, 4) is 17.0 Å². The molecule has 1 N–H and O–H groups in total. The third-order valence-corrected chi connectivity index (χ3v) is 5.34. The van der Waals surface area contributed by atoms with Crippen LogP contribution in [0.4, 0.5) is 13.9 Å². The van der Waals surface area contributed by atoms with Gasteiger partial charge < -0.3 is 10.1 Å². The largest absolute Gasteiger partial charge is 0.435 e. The number of benzene rings is 2. The van der Waals surface area contributed by atoms with Crippen LogP contribution in [0, 0.1) is 6.92 Å². The lowest BCUT2D eigenvalue weighted by Gasteiger charge is -2.08. The van der Waals surface area contributed by atoms with Gasteiger partial charge >= 0.3 is 6.61 Å². The van der Waals surface area contributed by atoms with Crippen LogP contribution < -0.4 is 15.5 Å². The zero-order valence-electron chi connectivity index (χ0n) is 16.2. The van der Waals surface area contributed by atoms with E-state index >= 15 is 0 Å². The average molecular weight is 442 g/mol. The van der Waals surface area contributed by atoms with Crippen molar-refractivity contribution in [2.45, 2.75) is 20.1 Å². The molecular weight excluding hydrogens is 426 g/mol. The summed E-state index contributed by atoms with van der Waals surface area (Å²) in [4.78, 5) is 29.8. The molecular formula is C21H16F2N4O3S. The second-order valence-corrected chi connectivity index (χ2v) is 7.76. The number of hydrogen-bond acceptors (Lipinski definition) is 6. The number of fused-ring (bicyclic) bond motifs is 1. The Bertz CT molecular complexity index is 1300. The molecule has 0 saturated heterocycles. The van der Waals surface area contributed by atoms with E-state index in [2.05, 4.69) is 20.1 Å². The minimum atomic E-state index is -2.89. The first-order chi connectivity index (χ1) is 14.9. The Morgan fingerprint density at radius 3 is 2.68 bits per heavy atom. The van der Waals surface area contributed by atoms with Crippen molar-refractivity contribution >= 4 is 33.3 Å². The molecule has 0 fully saturated rings. The lowest BCUT2D eigenvalue weighted by molar-refractivity contribution is -0.116. The summed E-state index contributed by atoms with van der Waals surface area (Å²) in [7, 11) is 0. The molecule has 0 saturated carbocycles. The molecule has 4 rings (SSSR count). The van der Waals surface area contributed by atoms with Crippen LogP contribution in [0.25, 0.3) is 22.2 Å². The van der Waals surface area contributed by atoms with Gasteiger partial charge in [-0.1, -0.05) is 12.1 Å². The lowest BCUT2D eigenvalue weighted by atomic mass is 10.1. The van der Waals surface area contributed by atoms with Crippen LogP contribution in [-0.2, 0) is 11.3 Å². The van der Waals surface area contributed by atoms with E-state index < -0.39 is 6.61 Å². The van der Waals surface area contributed by atoms with Crippen LogP contribution in [0.2, 0.25) is 0 Å². The highest BCUT2D eigenvalue weighted by Crippen LogP contribution is 2.31. The van der Waals surface area contributed by atoms with E-state index in [0.717, 1.165) is 4.88 Å². The van der Waals surface area contributed by atoms with Crippen LogP contribution in [0.3, 0.4) is 0 Å². The highest BCUT2D eigenvalue weighted by molar-refractivity contribution is 7.16. The lowest BCUT2D eigenvalue weighted by Crippen LogP contribution is -2.22. The fourth-order valence-corrected chi connectivity index (χ4v) is 3.95. The van der Waals surface area contributed by atoms with Gasteiger partial charge in [0.1, 0.15) is 12.3 Å². The van der Waals surface area contributed by atoms with Crippen LogP contribution in [-0.4, -0.2) is 27.3 Å². The molecule has 2 aromatic carbocycles. The van der Waals surface area contributed by atoms with Gasteiger partial charge in [-0.25, -0.2) is 4.98 Å². The summed E-state index contributed by atoms with van der Waals surface area (Å²) < 4.78 is 30.4. The Kier molecular flexibility index (Phi) is 5.72. The molecule has 0 aliphatic rings. The van der Waals surface area contributed by atoms with Gasteiger partial charge in [0.2, 0.25) is 11.3 Å². The summed E-state index contributed by atoms with van der Waals surface area (Å²) in [6.45, 7) is -1.12. The van der Waals surface area contributed by atoms with Crippen LogP contribution in [0.5, 0.6) is 5.75 Å². The van der Waals surface area contributed by atoms with Gasteiger partial charge in [0.15, 0.2) is 5.13 Å². The van der Waals surface area contributed by atoms with E-state index in [4.69, 9.17) is 0 Å². The molecule has 4 aromatic rings. The van der Waals surface area contributed by atoms with Gasteiger partial charge in [0.25, 0.3) is 0 Å². The molecule has 0 aliphatic carbocycles. The standard InChI is InChI=1S/C21H16F2N4O3S/c1-12-19(13-6-8-14(9-7-13)30-20(22)23)26-21(31-12)25-18(29)11-27-16-5-3-2-4-15(16)17(28)10-24-27/h2-10,20H,11H2,1H3,(H,25,26,29). The number of aryl methyl sites for hydroxylation is 1. The number of alkyl halides is 2. The number of amides is 1. The number of nitrogens with one attached hydrogen (secondary N) is 1. The number of halogens is 2. The molecule has 0 radical (unpaired) electrons. The number of para-hydroxylation sites is 1. The highest BCUT2D eigenvalue weighted by atomic mass is 32.1. The number of carbonyl (C=O) groups excluding carboxylic acids is 1. The fourth-order valence-electron chi connectivity index (χ4n) is 3.09. The number of thiazole rings is 1. The fraction of sp³-hybridized carbons (Fsp3) is 0.143. The van der Waals surface area contributed by atoms with Crippen LogP contribution >= 0.6 is 11.3 Å². The molecule has 158 valence electrons. The number of rotatable bonds is 6. The number of ether oxygens (including phenoxy) is 1. The molecule has 0 atom stereocenters. The summed E-state index contributed by atoms with van der Waals surface area (Å²) in [5, 5.41) is 7.67. The minimum absolute atomic E-state index is 0.0565. The molecule has 10 heteroatoms. The molecule has 0 bridgehead atoms. The van der Waals surface area contributed by atoms with E-state index in [1.807, 2.05) is 6.92 Å². The Hall–Kier alpha value is -3.66. The van der Waals surface area contributed by atoms with Crippen LogP contribution in [0.15, 0.2) is 59.5 Å². The maximum absolute atomic E-state index is 12.5. The topological polar surface area (TPSA) is 86.1 Å². The minimum Gasteiger partial charge on any atom is -0.435 e. The Morgan fingerprint density at radius 2 is 1.94 bits per heavy atom. The Balaban J connectivity index is 1.50.